The quantitative estimate of drug-likeness (QED) is 0.624. The Morgan fingerprint density at radius 3 is 2.91 bits per heavy atom. The van der Waals surface area contributed by atoms with Crippen molar-refractivity contribution in [1.82, 2.24) is 4.90 Å². The molecule has 1 amide bonds. The van der Waals surface area contributed by atoms with Crippen molar-refractivity contribution < 1.29 is 14.3 Å². The number of halogens is 1. The maximum atomic E-state index is 12.4. The fraction of sp³-hybridized carbons (Fsp3) is 0.0667. The topological polar surface area (TPSA) is 53.7 Å². The van der Waals surface area contributed by atoms with E-state index in [9.17, 15) is 9.90 Å². The van der Waals surface area contributed by atoms with Gasteiger partial charge in [0.2, 0.25) is 0 Å². The van der Waals surface area contributed by atoms with Crippen LogP contribution < -0.4 is 0 Å². The van der Waals surface area contributed by atoms with Crippen LogP contribution in [0.3, 0.4) is 0 Å². The Balaban J connectivity index is 1.83. The number of thiocarbonyl (C=S) groups is 1. The van der Waals surface area contributed by atoms with Crippen LogP contribution in [-0.2, 0) is 11.3 Å². The van der Waals surface area contributed by atoms with Gasteiger partial charge in [0.25, 0.3) is 5.91 Å². The second-order valence-corrected chi connectivity index (χ2v) is 7.09. The van der Waals surface area contributed by atoms with Crippen LogP contribution >= 0.6 is 39.9 Å². The lowest BCUT2D eigenvalue weighted by Gasteiger charge is -2.11. The number of carbonyl (C=O) groups is 1. The van der Waals surface area contributed by atoms with Gasteiger partial charge >= 0.3 is 0 Å². The third-order valence-corrected chi connectivity index (χ3v) is 5.05. The predicted molar refractivity (Wildman–Crippen MR) is 93.2 cm³/mol. The summed E-state index contributed by atoms with van der Waals surface area (Å²) in [5.41, 5.74) is 0.808. The zero-order valence-corrected chi connectivity index (χ0v) is 14.4. The molecule has 1 fully saturated rings. The number of amides is 1. The molecule has 0 atom stereocenters. The highest BCUT2D eigenvalue weighted by molar-refractivity contribution is 9.10. The Kier molecular flexibility index (Phi) is 4.37. The molecule has 0 spiro atoms. The Labute approximate surface area is 144 Å². The van der Waals surface area contributed by atoms with Crippen molar-refractivity contribution in [1.29, 1.82) is 0 Å². The summed E-state index contributed by atoms with van der Waals surface area (Å²) in [6.07, 6.45) is 3.32. The number of aromatic hydroxyl groups is 1. The van der Waals surface area contributed by atoms with Crippen molar-refractivity contribution in [3.8, 4) is 5.75 Å². The summed E-state index contributed by atoms with van der Waals surface area (Å²) < 4.78 is 6.34. The van der Waals surface area contributed by atoms with Crippen LogP contribution in [0.15, 0.2) is 50.4 Å². The second kappa shape index (κ2) is 6.28. The molecule has 0 aliphatic carbocycles. The summed E-state index contributed by atoms with van der Waals surface area (Å²) in [5, 5.41) is 9.51. The molecule has 3 rings (SSSR count). The molecule has 1 aromatic heterocycles. The lowest BCUT2D eigenvalue weighted by atomic mass is 10.2. The molecule has 112 valence electrons. The Hall–Kier alpha value is -1.57. The maximum Gasteiger partial charge on any atom is 0.266 e. The molecule has 0 unspecified atom stereocenters. The first kappa shape index (κ1) is 15.3. The fourth-order valence-corrected chi connectivity index (χ4v) is 3.61. The van der Waals surface area contributed by atoms with Crippen LogP contribution in [0.1, 0.15) is 11.3 Å². The fourth-order valence-electron chi connectivity index (χ4n) is 1.96. The van der Waals surface area contributed by atoms with Gasteiger partial charge in [0.15, 0.2) is 0 Å². The summed E-state index contributed by atoms with van der Waals surface area (Å²) in [7, 11) is 0. The van der Waals surface area contributed by atoms with E-state index < -0.39 is 0 Å². The zero-order chi connectivity index (χ0) is 15.7. The monoisotopic (exact) mass is 395 g/mol. The summed E-state index contributed by atoms with van der Waals surface area (Å²) >= 11 is 9.78. The standard InChI is InChI=1S/C15H10BrNO3S2/c16-11-6-9(3-4-12(11)18)7-13-14(19)17(15(21)22-13)8-10-2-1-5-20-10/h1-7,18H,8H2/b13-7-. The molecule has 4 nitrogen and oxygen atoms in total. The summed E-state index contributed by atoms with van der Waals surface area (Å²) in [6.45, 7) is 0.328. The van der Waals surface area contributed by atoms with E-state index in [1.54, 1.807) is 42.7 Å². The van der Waals surface area contributed by atoms with Gasteiger partial charge < -0.3 is 9.52 Å². The molecular formula is C15H10BrNO3S2. The lowest BCUT2D eigenvalue weighted by Crippen LogP contribution is -2.27. The van der Waals surface area contributed by atoms with Gasteiger partial charge in [0.1, 0.15) is 15.8 Å². The van der Waals surface area contributed by atoms with Crippen molar-refractivity contribution in [2.75, 3.05) is 0 Å². The van der Waals surface area contributed by atoms with Gasteiger partial charge in [0.05, 0.1) is 22.2 Å². The highest BCUT2D eigenvalue weighted by Gasteiger charge is 2.32. The third-order valence-electron chi connectivity index (χ3n) is 3.04. The number of benzene rings is 1. The first-order chi connectivity index (χ1) is 10.5. The van der Waals surface area contributed by atoms with Gasteiger partial charge in [-0.3, -0.25) is 9.69 Å². The van der Waals surface area contributed by atoms with Gasteiger partial charge in [-0.15, -0.1) is 0 Å². The minimum Gasteiger partial charge on any atom is -0.507 e. The molecule has 2 aromatic rings. The molecule has 22 heavy (non-hydrogen) atoms. The van der Waals surface area contributed by atoms with E-state index >= 15 is 0 Å². The number of hydrogen-bond acceptors (Lipinski definition) is 5. The first-order valence-electron chi connectivity index (χ1n) is 6.31. The smallest absolute Gasteiger partial charge is 0.266 e. The number of phenols is 1. The molecule has 1 saturated heterocycles. The average molecular weight is 396 g/mol. The number of carbonyl (C=O) groups excluding carboxylic acids is 1. The highest BCUT2D eigenvalue weighted by Crippen LogP contribution is 2.34. The van der Waals surface area contributed by atoms with E-state index in [2.05, 4.69) is 15.9 Å². The number of nitrogens with zero attached hydrogens (tertiary/aromatic N) is 1. The third kappa shape index (κ3) is 3.11. The molecule has 1 aromatic carbocycles. The van der Waals surface area contributed by atoms with Crippen molar-refractivity contribution in [2.45, 2.75) is 6.54 Å². The van der Waals surface area contributed by atoms with Gasteiger partial charge in [-0.1, -0.05) is 30.0 Å². The van der Waals surface area contributed by atoms with E-state index in [0.29, 0.717) is 26.0 Å². The van der Waals surface area contributed by atoms with Gasteiger partial charge in [-0.2, -0.15) is 0 Å². The second-order valence-electron chi connectivity index (χ2n) is 4.56. The average Bonchev–Trinajstić information content (AvgIpc) is 3.08. The molecule has 1 N–H and O–H groups in total. The number of phenolic OH excluding ortho intramolecular Hbond substituents is 1. The maximum absolute atomic E-state index is 12.4. The van der Waals surface area contributed by atoms with Crippen molar-refractivity contribution >= 4 is 56.2 Å². The SMILES string of the molecule is O=C1/C(=C/c2ccc(O)c(Br)c2)SC(=S)N1Cc1ccco1. The number of rotatable bonds is 3. The molecule has 0 radical (unpaired) electrons. The Morgan fingerprint density at radius 2 is 2.23 bits per heavy atom. The van der Waals surface area contributed by atoms with E-state index in [-0.39, 0.29) is 11.7 Å². The molecule has 1 aliphatic heterocycles. The van der Waals surface area contributed by atoms with E-state index in [0.717, 1.165) is 5.56 Å². The molecule has 1 aliphatic rings. The highest BCUT2D eigenvalue weighted by atomic mass is 79.9. The van der Waals surface area contributed by atoms with Crippen molar-refractivity contribution in [2.24, 2.45) is 0 Å². The number of thioether (sulfide) groups is 1. The van der Waals surface area contributed by atoms with Crippen LogP contribution in [0, 0.1) is 0 Å². The predicted octanol–water partition coefficient (Wildman–Crippen LogP) is 4.15. The van der Waals surface area contributed by atoms with Gasteiger partial charge in [0, 0.05) is 0 Å². The molecule has 0 bridgehead atoms. The summed E-state index contributed by atoms with van der Waals surface area (Å²) in [6, 6.07) is 8.63. The largest absolute Gasteiger partial charge is 0.507 e. The van der Waals surface area contributed by atoms with Crippen molar-refractivity contribution in [3.05, 3.63) is 57.3 Å². The minimum absolute atomic E-state index is 0.143. The van der Waals surface area contributed by atoms with Crippen LogP contribution in [0.4, 0.5) is 0 Å². The van der Waals surface area contributed by atoms with Crippen LogP contribution in [0.5, 0.6) is 5.75 Å². The molecule has 2 heterocycles. The zero-order valence-electron chi connectivity index (χ0n) is 11.2. The van der Waals surface area contributed by atoms with Crippen molar-refractivity contribution in [3.63, 3.8) is 0 Å². The van der Waals surface area contributed by atoms with Gasteiger partial charge in [-0.25, -0.2) is 0 Å². The number of furan rings is 1. The molecular weight excluding hydrogens is 386 g/mol. The molecule has 7 heteroatoms. The summed E-state index contributed by atoms with van der Waals surface area (Å²) in [5.74, 6) is 0.697. The summed E-state index contributed by atoms with van der Waals surface area (Å²) in [4.78, 5) is 14.5. The van der Waals surface area contributed by atoms with E-state index in [4.69, 9.17) is 16.6 Å². The van der Waals surface area contributed by atoms with Crippen LogP contribution in [-0.4, -0.2) is 20.2 Å². The van der Waals surface area contributed by atoms with E-state index in [1.165, 1.54) is 16.7 Å². The van der Waals surface area contributed by atoms with Crippen LogP contribution in [0.2, 0.25) is 0 Å². The molecule has 0 saturated carbocycles. The Morgan fingerprint density at radius 1 is 1.41 bits per heavy atom. The first-order valence-corrected chi connectivity index (χ1v) is 8.32. The van der Waals surface area contributed by atoms with Crippen LogP contribution in [0.25, 0.3) is 6.08 Å². The Bertz CT molecular complexity index is 771. The number of hydrogen-bond donors (Lipinski definition) is 1. The lowest BCUT2D eigenvalue weighted by molar-refractivity contribution is -0.122. The normalized spacial score (nSPS) is 16.8. The van der Waals surface area contributed by atoms with Gasteiger partial charge in [-0.05, 0) is 51.8 Å². The van der Waals surface area contributed by atoms with E-state index in [1.807, 2.05) is 0 Å². The minimum atomic E-state index is -0.143.